The Balaban J connectivity index is 1.41. The molecule has 1 fully saturated rings. The number of amides is 2. The summed E-state index contributed by atoms with van der Waals surface area (Å²) in [5.74, 6) is -0.307. The molecule has 3 heterocycles. The topological polar surface area (TPSA) is 137 Å². The van der Waals surface area contributed by atoms with Crippen molar-refractivity contribution in [3.8, 4) is 0 Å². The van der Waals surface area contributed by atoms with Crippen LogP contribution in [0, 0.1) is 0 Å². The molecule has 0 saturated carbocycles. The van der Waals surface area contributed by atoms with Gasteiger partial charge in [-0.15, -0.1) is 0 Å². The normalized spacial score (nSPS) is 17.6. The second-order valence-electron chi connectivity index (χ2n) is 7.60. The van der Waals surface area contributed by atoms with Crippen LogP contribution in [0.2, 0.25) is 5.02 Å². The summed E-state index contributed by atoms with van der Waals surface area (Å²) in [5.41, 5.74) is 6.43. The van der Waals surface area contributed by atoms with E-state index in [0.29, 0.717) is 23.9 Å². The molecule has 33 heavy (non-hydrogen) atoms. The van der Waals surface area contributed by atoms with Crippen molar-refractivity contribution in [1.29, 1.82) is 0 Å². The maximum Gasteiger partial charge on any atom is 0.267 e. The molecule has 0 bridgehead atoms. The van der Waals surface area contributed by atoms with Crippen LogP contribution in [0.1, 0.15) is 56.6 Å². The van der Waals surface area contributed by atoms with Gasteiger partial charge in [0.1, 0.15) is 5.69 Å². The van der Waals surface area contributed by atoms with Crippen LogP contribution >= 0.6 is 11.6 Å². The van der Waals surface area contributed by atoms with Gasteiger partial charge in [0.2, 0.25) is 5.89 Å². The van der Waals surface area contributed by atoms with E-state index in [4.69, 9.17) is 26.6 Å². The number of carbonyl (C=O) groups is 2. The molecule has 0 aliphatic carbocycles. The van der Waals surface area contributed by atoms with Gasteiger partial charge >= 0.3 is 0 Å². The van der Waals surface area contributed by atoms with E-state index < -0.39 is 11.8 Å². The van der Waals surface area contributed by atoms with Gasteiger partial charge < -0.3 is 19.9 Å². The second-order valence-corrected chi connectivity index (χ2v) is 8.04. The average Bonchev–Trinajstić information content (AvgIpc) is 3.48. The molecule has 1 aliphatic rings. The summed E-state index contributed by atoms with van der Waals surface area (Å²) in [5, 5.41) is 4.74. The maximum atomic E-state index is 12.9. The Hall–Kier alpha value is -3.63. The summed E-state index contributed by atoms with van der Waals surface area (Å²) in [6, 6.07) is 10.3. The van der Waals surface area contributed by atoms with Crippen molar-refractivity contribution < 1.29 is 18.8 Å². The zero-order valence-corrected chi connectivity index (χ0v) is 18.5. The van der Waals surface area contributed by atoms with E-state index in [2.05, 4.69) is 26.8 Å². The first kappa shape index (κ1) is 22.6. The Bertz CT molecular complexity index is 1200. The Morgan fingerprint density at radius 2 is 2.00 bits per heavy atom. The molecule has 4 rings (SSSR count). The van der Waals surface area contributed by atoms with Gasteiger partial charge in [0.25, 0.3) is 11.8 Å². The minimum Gasteiger partial charge on any atom is -0.373 e. The van der Waals surface area contributed by atoms with E-state index in [-0.39, 0.29) is 41.5 Å². The number of carbonyl (C=O) groups excluding carboxylic acids is 2. The van der Waals surface area contributed by atoms with Crippen LogP contribution in [0.5, 0.6) is 0 Å². The number of benzene rings is 1. The van der Waals surface area contributed by atoms with E-state index >= 15 is 0 Å². The molecule has 170 valence electrons. The van der Waals surface area contributed by atoms with Crippen LogP contribution < -0.4 is 5.73 Å². The van der Waals surface area contributed by atoms with Crippen LogP contribution in [0.15, 0.2) is 45.9 Å². The predicted molar refractivity (Wildman–Crippen MR) is 120 cm³/mol. The summed E-state index contributed by atoms with van der Waals surface area (Å²) in [7, 11) is 1.58. The highest BCUT2D eigenvalue weighted by Crippen LogP contribution is 2.37. The highest BCUT2D eigenvalue weighted by Gasteiger charge is 2.31. The molecule has 10 nitrogen and oxygen atoms in total. The summed E-state index contributed by atoms with van der Waals surface area (Å²) < 4.78 is 11.3. The Labute approximate surface area is 194 Å². The highest BCUT2D eigenvalue weighted by molar-refractivity contribution is 6.30. The van der Waals surface area contributed by atoms with Crippen LogP contribution in [0.3, 0.4) is 0 Å². The smallest absolute Gasteiger partial charge is 0.267 e. The molecule has 3 aromatic rings. The van der Waals surface area contributed by atoms with Gasteiger partial charge in [-0.2, -0.15) is 4.98 Å². The largest absolute Gasteiger partial charge is 0.373 e. The molecule has 1 aromatic carbocycles. The van der Waals surface area contributed by atoms with Gasteiger partial charge in [-0.3, -0.25) is 9.59 Å². The van der Waals surface area contributed by atoms with E-state index in [0.717, 1.165) is 5.56 Å². The third kappa shape index (κ3) is 4.91. The zero-order valence-electron chi connectivity index (χ0n) is 17.8. The standard InChI is InChI=1S/C22H21ClN6O4/c1-25-21-15(7-8-16(26-21)19(24)30)22(31)29(2)10-18-27-20(28-33-18)13-9-17(32-11-13)12-3-5-14(23)6-4-12/h3-8,13,17H,1,9-11H2,2H3,(H2,24,30)/t13-,17+/m0/s1. The summed E-state index contributed by atoms with van der Waals surface area (Å²) in [6.07, 6.45) is 0.640. The van der Waals surface area contributed by atoms with Crippen molar-refractivity contribution in [3.63, 3.8) is 0 Å². The molecule has 2 amide bonds. The molecule has 2 atom stereocenters. The lowest BCUT2D eigenvalue weighted by Crippen LogP contribution is -2.27. The van der Waals surface area contributed by atoms with Crippen molar-refractivity contribution in [2.75, 3.05) is 13.7 Å². The van der Waals surface area contributed by atoms with Crippen molar-refractivity contribution in [2.45, 2.75) is 25.0 Å². The lowest BCUT2D eigenvalue weighted by atomic mass is 10.0. The number of halogens is 1. The molecule has 1 aliphatic heterocycles. The first-order chi connectivity index (χ1) is 15.9. The van der Waals surface area contributed by atoms with Gasteiger partial charge in [-0.25, -0.2) is 9.98 Å². The van der Waals surface area contributed by atoms with Crippen molar-refractivity contribution in [1.82, 2.24) is 20.0 Å². The molecular weight excluding hydrogens is 448 g/mol. The Morgan fingerprint density at radius 1 is 1.24 bits per heavy atom. The summed E-state index contributed by atoms with van der Waals surface area (Å²) in [4.78, 5) is 37.7. The number of pyridine rings is 1. The van der Waals surface area contributed by atoms with Crippen molar-refractivity contribution in [3.05, 3.63) is 70.0 Å². The quantitative estimate of drug-likeness (QED) is 0.526. The van der Waals surface area contributed by atoms with Crippen LogP contribution in [-0.4, -0.2) is 52.2 Å². The van der Waals surface area contributed by atoms with E-state index in [1.165, 1.54) is 17.0 Å². The molecule has 0 spiro atoms. The fourth-order valence-corrected chi connectivity index (χ4v) is 3.69. The van der Waals surface area contributed by atoms with Gasteiger partial charge in [0.05, 0.1) is 24.8 Å². The van der Waals surface area contributed by atoms with Gasteiger partial charge in [0.15, 0.2) is 11.6 Å². The van der Waals surface area contributed by atoms with E-state index in [9.17, 15) is 9.59 Å². The molecule has 0 radical (unpaired) electrons. The maximum absolute atomic E-state index is 12.9. The molecule has 2 aromatic heterocycles. The molecular formula is C22H21ClN6O4. The van der Waals surface area contributed by atoms with Crippen LogP contribution in [-0.2, 0) is 11.3 Å². The number of hydrogen-bond donors (Lipinski definition) is 1. The predicted octanol–water partition coefficient (Wildman–Crippen LogP) is 3.07. The number of aromatic nitrogens is 3. The number of rotatable bonds is 7. The van der Waals surface area contributed by atoms with Crippen LogP contribution in [0.25, 0.3) is 0 Å². The van der Waals surface area contributed by atoms with Crippen molar-refractivity contribution in [2.24, 2.45) is 10.7 Å². The third-order valence-corrected chi connectivity index (χ3v) is 5.57. The third-order valence-electron chi connectivity index (χ3n) is 5.31. The molecule has 2 N–H and O–H groups in total. The highest BCUT2D eigenvalue weighted by atomic mass is 35.5. The van der Waals surface area contributed by atoms with E-state index in [1.54, 1.807) is 7.05 Å². The van der Waals surface area contributed by atoms with Gasteiger partial charge in [0, 0.05) is 18.0 Å². The van der Waals surface area contributed by atoms with E-state index in [1.807, 2.05) is 24.3 Å². The number of primary amides is 1. The number of nitrogens with zero attached hydrogens (tertiary/aromatic N) is 5. The zero-order chi connectivity index (χ0) is 23.5. The Morgan fingerprint density at radius 3 is 2.70 bits per heavy atom. The lowest BCUT2D eigenvalue weighted by molar-refractivity contribution is 0.0769. The number of nitrogens with two attached hydrogens (primary N) is 1. The lowest BCUT2D eigenvalue weighted by Gasteiger charge is -2.15. The first-order valence-corrected chi connectivity index (χ1v) is 10.5. The number of aliphatic imine (C=N–C) groups is 1. The SMILES string of the molecule is C=Nc1nc(C(N)=O)ccc1C(=O)N(C)Cc1nc([C@@H]2CO[C@@H](c3ccc(Cl)cc3)C2)no1. The minimum absolute atomic E-state index is 0.00571. The molecule has 1 saturated heterocycles. The molecule has 0 unspecified atom stereocenters. The number of ether oxygens (including phenoxy) is 1. The van der Waals surface area contributed by atoms with Gasteiger partial charge in [-0.05, 0) is 43.0 Å². The van der Waals surface area contributed by atoms with Crippen molar-refractivity contribution >= 4 is 36.0 Å². The number of hydrogen-bond acceptors (Lipinski definition) is 8. The Kier molecular flexibility index (Phi) is 6.47. The monoisotopic (exact) mass is 468 g/mol. The fourth-order valence-electron chi connectivity index (χ4n) is 3.57. The average molecular weight is 469 g/mol. The second kappa shape index (κ2) is 9.47. The minimum atomic E-state index is -0.722. The fraction of sp³-hybridized carbons (Fsp3) is 0.273. The molecule has 11 heteroatoms. The van der Waals surface area contributed by atoms with Gasteiger partial charge in [-0.1, -0.05) is 28.9 Å². The summed E-state index contributed by atoms with van der Waals surface area (Å²) >= 11 is 5.95. The summed E-state index contributed by atoms with van der Waals surface area (Å²) in [6.45, 7) is 3.95. The van der Waals surface area contributed by atoms with Crippen LogP contribution in [0.4, 0.5) is 5.82 Å². The first-order valence-electron chi connectivity index (χ1n) is 10.1.